The molecule has 0 aliphatic rings. The highest BCUT2D eigenvalue weighted by atomic mass is 19.4. The Bertz CT molecular complexity index is 518. The fourth-order valence-electron chi connectivity index (χ4n) is 1.54. The van der Waals surface area contributed by atoms with Gasteiger partial charge in [0.15, 0.2) is 0 Å². The maximum absolute atomic E-state index is 11.9. The second-order valence-corrected chi connectivity index (χ2v) is 4.65. The average molecular weight is 347 g/mol. The van der Waals surface area contributed by atoms with Crippen molar-refractivity contribution in [1.29, 1.82) is 0 Å². The Morgan fingerprint density at radius 1 is 1.33 bits per heavy atom. The molecular formula is C16H20F3NO4. The number of aliphatic carboxylic acids is 1. The van der Waals surface area contributed by atoms with Crippen LogP contribution in [0.1, 0.15) is 12.8 Å². The predicted molar refractivity (Wildman–Crippen MR) is 82.6 cm³/mol. The second-order valence-electron chi connectivity index (χ2n) is 4.65. The lowest BCUT2D eigenvalue weighted by molar-refractivity contribution is -0.192. The van der Waals surface area contributed by atoms with Crippen LogP contribution in [0.2, 0.25) is 0 Å². The summed E-state index contributed by atoms with van der Waals surface area (Å²) in [6, 6.07) is 9.14. The maximum atomic E-state index is 11.9. The van der Waals surface area contributed by atoms with Gasteiger partial charge in [-0.15, -0.1) is 6.58 Å². The number of nitrogens with one attached hydrogen (secondary N) is 1. The number of hydrogen-bond acceptors (Lipinski definition) is 4. The lowest BCUT2D eigenvalue weighted by Gasteiger charge is -2.13. The number of esters is 1. The highest BCUT2D eigenvalue weighted by Gasteiger charge is 2.38. The first kappa shape index (κ1) is 21.6. The molecule has 0 heterocycles. The van der Waals surface area contributed by atoms with Crippen LogP contribution in [0.25, 0.3) is 0 Å². The van der Waals surface area contributed by atoms with Crippen molar-refractivity contribution in [2.45, 2.75) is 19.0 Å². The molecule has 0 aromatic heterocycles. The molecule has 1 rings (SSSR count). The first-order chi connectivity index (χ1) is 11.2. The number of carboxylic acid groups (broad SMARTS) is 1. The summed E-state index contributed by atoms with van der Waals surface area (Å²) >= 11 is 0. The van der Waals surface area contributed by atoms with Gasteiger partial charge in [-0.3, -0.25) is 4.79 Å². The van der Waals surface area contributed by atoms with Crippen LogP contribution in [0.15, 0.2) is 43.0 Å². The van der Waals surface area contributed by atoms with Crippen LogP contribution < -0.4 is 10.1 Å². The minimum Gasteiger partial charge on any atom is -0.475 e. The van der Waals surface area contributed by atoms with Gasteiger partial charge in [-0.25, -0.2) is 4.79 Å². The SMILES string of the molecule is C=CCC(CCNC)C(=O)Oc1ccccc1.O=C(O)C(F)(F)F. The van der Waals surface area contributed by atoms with Gasteiger partial charge in [0, 0.05) is 0 Å². The fourth-order valence-corrected chi connectivity index (χ4v) is 1.54. The van der Waals surface area contributed by atoms with E-state index in [-0.39, 0.29) is 11.9 Å². The monoisotopic (exact) mass is 347 g/mol. The minimum atomic E-state index is -5.08. The lowest BCUT2D eigenvalue weighted by Crippen LogP contribution is -2.24. The molecule has 1 unspecified atom stereocenters. The van der Waals surface area contributed by atoms with Gasteiger partial charge in [0.1, 0.15) is 5.75 Å². The molecule has 0 radical (unpaired) electrons. The molecule has 0 bridgehead atoms. The topological polar surface area (TPSA) is 75.6 Å². The van der Waals surface area contributed by atoms with E-state index in [9.17, 15) is 18.0 Å². The van der Waals surface area contributed by atoms with Gasteiger partial charge in [0.25, 0.3) is 0 Å². The first-order valence-electron chi connectivity index (χ1n) is 7.04. The van der Waals surface area contributed by atoms with Gasteiger partial charge in [-0.1, -0.05) is 24.3 Å². The van der Waals surface area contributed by atoms with Gasteiger partial charge < -0.3 is 15.2 Å². The van der Waals surface area contributed by atoms with Gasteiger partial charge >= 0.3 is 18.1 Å². The number of carbonyl (C=O) groups is 2. The van der Waals surface area contributed by atoms with Crippen molar-refractivity contribution in [3.05, 3.63) is 43.0 Å². The summed E-state index contributed by atoms with van der Waals surface area (Å²) in [6.07, 6.45) is -1.92. The summed E-state index contributed by atoms with van der Waals surface area (Å²) in [5.74, 6) is -2.48. The fraction of sp³-hybridized carbons (Fsp3) is 0.375. The Morgan fingerprint density at radius 2 is 1.88 bits per heavy atom. The number of ether oxygens (including phenoxy) is 1. The Morgan fingerprint density at radius 3 is 2.29 bits per heavy atom. The summed E-state index contributed by atoms with van der Waals surface area (Å²) in [7, 11) is 1.87. The zero-order chi connectivity index (χ0) is 18.6. The van der Waals surface area contributed by atoms with Crippen molar-refractivity contribution in [1.82, 2.24) is 5.32 Å². The number of carbonyl (C=O) groups excluding carboxylic acids is 1. The zero-order valence-corrected chi connectivity index (χ0v) is 13.2. The molecule has 0 aliphatic heterocycles. The van der Waals surface area contributed by atoms with Crippen LogP contribution in [0.4, 0.5) is 13.2 Å². The number of benzene rings is 1. The molecule has 0 amide bonds. The molecule has 2 N–H and O–H groups in total. The summed E-state index contributed by atoms with van der Waals surface area (Å²) in [6.45, 7) is 4.46. The molecule has 5 nitrogen and oxygen atoms in total. The molecule has 0 aliphatic carbocycles. The second kappa shape index (κ2) is 11.2. The van der Waals surface area contributed by atoms with Crippen LogP contribution >= 0.6 is 0 Å². The third kappa shape index (κ3) is 9.62. The standard InChI is InChI=1S/C14H19NO2.C2HF3O2/c1-3-7-12(10-11-15-2)14(16)17-13-8-5-4-6-9-13;3-2(4,5)1(6)7/h3-6,8-9,12,15H,1,7,10-11H2,2H3;(H,6,7). The molecule has 8 heteroatoms. The molecule has 1 aromatic carbocycles. The molecule has 1 atom stereocenters. The van der Waals surface area contributed by atoms with E-state index in [0.29, 0.717) is 12.2 Å². The third-order valence-electron chi connectivity index (χ3n) is 2.73. The lowest BCUT2D eigenvalue weighted by atomic mass is 10.0. The Labute approximate surface area is 138 Å². The molecule has 0 saturated heterocycles. The van der Waals surface area contributed by atoms with Crippen LogP contribution in [-0.4, -0.2) is 36.8 Å². The molecule has 134 valence electrons. The number of hydrogen-bond donors (Lipinski definition) is 2. The quantitative estimate of drug-likeness (QED) is 0.450. The van der Waals surface area contributed by atoms with Crippen LogP contribution in [0.3, 0.4) is 0 Å². The Hall–Kier alpha value is -2.35. The zero-order valence-electron chi connectivity index (χ0n) is 13.2. The largest absolute Gasteiger partial charge is 0.490 e. The highest BCUT2D eigenvalue weighted by molar-refractivity contribution is 5.75. The van der Waals surface area contributed by atoms with Gasteiger partial charge in [-0.2, -0.15) is 13.2 Å². The minimum absolute atomic E-state index is 0.125. The van der Waals surface area contributed by atoms with Crippen LogP contribution in [0, 0.1) is 5.92 Å². The van der Waals surface area contributed by atoms with E-state index < -0.39 is 12.1 Å². The van der Waals surface area contributed by atoms with E-state index >= 15 is 0 Å². The number of para-hydroxylation sites is 1. The highest BCUT2D eigenvalue weighted by Crippen LogP contribution is 2.15. The van der Waals surface area contributed by atoms with Gasteiger partial charge in [-0.05, 0) is 38.6 Å². The van der Waals surface area contributed by atoms with E-state index in [1.165, 1.54) is 0 Å². The average Bonchev–Trinajstić information content (AvgIpc) is 2.52. The molecule has 0 fully saturated rings. The van der Waals surface area contributed by atoms with Crippen molar-refractivity contribution >= 4 is 11.9 Å². The summed E-state index contributed by atoms with van der Waals surface area (Å²) < 4.78 is 37.0. The van der Waals surface area contributed by atoms with Crippen LogP contribution in [-0.2, 0) is 9.59 Å². The van der Waals surface area contributed by atoms with Gasteiger partial charge in [0.2, 0.25) is 0 Å². The summed E-state index contributed by atoms with van der Waals surface area (Å²) in [4.78, 5) is 20.8. The molecule has 24 heavy (non-hydrogen) atoms. The van der Waals surface area contributed by atoms with E-state index in [0.717, 1.165) is 13.0 Å². The van der Waals surface area contributed by atoms with Crippen molar-refractivity contribution < 1.29 is 32.6 Å². The first-order valence-corrected chi connectivity index (χ1v) is 7.04. The van der Waals surface area contributed by atoms with Crippen molar-refractivity contribution in [3.63, 3.8) is 0 Å². The molecule has 0 spiro atoms. The van der Waals surface area contributed by atoms with E-state index in [1.807, 2.05) is 25.2 Å². The molecule has 0 saturated carbocycles. The van der Waals surface area contributed by atoms with E-state index in [4.69, 9.17) is 14.6 Å². The third-order valence-corrected chi connectivity index (χ3v) is 2.73. The number of carboxylic acids is 1. The van der Waals surface area contributed by atoms with Crippen LogP contribution in [0.5, 0.6) is 5.75 Å². The maximum Gasteiger partial charge on any atom is 0.490 e. The molecular weight excluding hydrogens is 327 g/mol. The van der Waals surface area contributed by atoms with Crippen molar-refractivity contribution in [2.24, 2.45) is 5.92 Å². The van der Waals surface area contributed by atoms with Gasteiger partial charge in [0.05, 0.1) is 5.92 Å². The van der Waals surface area contributed by atoms with E-state index in [1.54, 1.807) is 18.2 Å². The smallest absolute Gasteiger partial charge is 0.475 e. The number of halogens is 3. The van der Waals surface area contributed by atoms with Crippen molar-refractivity contribution in [3.8, 4) is 5.75 Å². The summed E-state index contributed by atoms with van der Waals surface area (Å²) in [5, 5.41) is 10.2. The van der Waals surface area contributed by atoms with E-state index in [2.05, 4.69) is 11.9 Å². The summed E-state index contributed by atoms with van der Waals surface area (Å²) in [5.41, 5.74) is 0. The molecule has 1 aromatic rings. The predicted octanol–water partition coefficient (Wildman–Crippen LogP) is 3.03. The van der Waals surface area contributed by atoms with Crippen molar-refractivity contribution in [2.75, 3.05) is 13.6 Å². The normalized spacial score (nSPS) is 11.7. The number of rotatable bonds is 7. The number of alkyl halides is 3. The Kier molecular flexibility index (Phi) is 10.1. The number of allylic oxidation sites excluding steroid dienone is 1. The Balaban J connectivity index is 0.000000640.